The Labute approximate surface area is 120 Å². The number of pyridine rings is 1. The quantitative estimate of drug-likeness (QED) is 0.639. The van der Waals surface area contributed by atoms with Gasteiger partial charge in [0.2, 0.25) is 5.82 Å². The molecule has 1 aromatic rings. The number of nitro groups is 1. The van der Waals surface area contributed by atoms with E-state index in [9.17, 15) is 15.2 Å². The lowest BCUT2D eigenvalue weighted by molar-refractivity contribution is -0.384. The number of hydrogen-bond donors (Lipinski definition) is 2. The third-order valence-corrected chi connectivity index (χ3v) is 2.82. The van der Waals surface area contributed by atoms with Crippen LogP contribution in [0.2, 0.25) is 0 Å². The van der Waals surface area contributed by atoms with Gasteiger partial charge in [-0.25, -0.2) is 4.98 Å². The molecular weight excluding hydrogens is 314 g/mol. The van der Waals surface area contributed by atoms with E-state index in [0.717, 1.165) is 0 Å². The molecular formula is C12H18BrN3O3. The molecule has 0 fully saturated rings. The van der Waals surface area contributed by atoms with Gasteiger partial charge in [0.05, 0.1) is 11.0 Å². The highest BCUT2D eigenvalue weighted by Gasteiger charge is 2.19. The first-order valence-electron chi connectivity index (χ1n) is 5.91. The standard InChI is InChI=1S/C12H18BrN3O3/c1-12(2,3)5-9(17)7-15-11-10(16(18)19)4-8(13)6-14-11/h4,6,9,17H,5,7H2,1-3H3,(H,14,15). The number of hydrogen-bond acceptors (Lipinski definition) is 5. The molecule has 6 nitrogen and oxygen atoms in total. The molecule has 0 aliphatic carbocycles. The average molecular weight is 332 g/mol. The maximum absolute atomic E-state index is 10.9. The summed E-state index contributed by atoms with van der Waals surface area (Å²) in [5, 5.41) is 23.6. The highest BCUT2D eigenvalue weighted by Crippen LogP contribution is 2.26. The van der Waals surface area contributed by atoms with Gasteiger partial charge in [-0.05, 0) is 27.8 Å². The van der Waals surface area contributed by atoms with E-state index in [-0.39, 0.29) is 23.5 Å². The SMILES string of the molecule is CC(C)(C)CC(O)CNc1ncc(Br)cc1[N+](=O)[O-]. The summed E-state index contributed by atoms with van der Waals surface area (Å²) in [6.45, 7) is 6.30. The van der Waals surface area contributed by atoms with Crippen molar-refractivity contribution in [2.45, 2.75) is 33.3 Å². The molecule has 0 bridgehead atoms. The van der Waals surface area contributed by atoms with Gasteiger partial charge in [0, 0.05) is 23.3 Å². The molecule has 0 amide bonds. The van der Waals surface area contributed by atoms with Gasteiger partial charge in [0.1, 0.15) is 0 Å². The largest absolute Gasteiger partial charge is 0.391 e. The van der Waals surface area contributed by atoms with Crippen LogP contribution in [0.1, 0.15) is 27.2 Å². The number of aliphatic hydroxyl groups is 1. The molecule has 0 aliphatic rings. The Kier molecular flexibility index (Phi) is 5.25. The second kappa shape index (κ2) is 6.29. The van der Waals surface area contributed by atoms with E-state index < -0.39 is 11.0 Å². The molecule has 0 radical (unpaired) electrons. The topological polar surface area (TPSA) is 88.3 Å². The summed E-state index contributed by atoms with van der Waals surface area (Å²) < 4.78 is 0.542. The second-order valence-corrected chi connectivity index (χ2v) is 6.49. The van der Waals surface area contributed by atoms with Crippen LogP contribution in [0.4, 0.5) is 11.5 Å². The van der Waals surface area contributed by atoms with E-state index in [0.29, 0.717) is 10.9 Å². The van der Waals surface area contributed by atoms with E-state index in [4.69, 9.17) is 0 Å². The highest BCUT2D eigenvalue weighted by molar-refractivity contribution is 9.10. The van der Waals surface area contributed by atoms with Crippen molar-refractivity contribution in [3.63, 3.8) is 0 Å². The van der Waals surface area contributed by atoms with Crippen molar-refractivity contribution in [1.29, 1.82) is 0 Å². The fourth-order valence-electron chi connectivity index (χ4n) is 1.70. The molecule has 1 rings (SSSR count). The minimum Gasteiger partial charge on any atom is -0.391 e. The summed E-state index contributed by atoms with van der Waals surface area (Å²) in [6, 6.07) is 1.38. The van der Waals surface area contributed by atoms with Crippen molar-refractivity contribution >= 4 is 27.4 Å². The van der Waals surface area contributed by atoms with Gasteiger partial charge >= 0.3 is 5.69 Å². The van der Waals surface area contributed by atoms with Gasteiger partial charge in [0.25, 0.3) is 0 Å². The van der Waals surface area contributed by atoms with Crippen LogP contribution in [-0.2, 0) is 0 Å². The molecule has 106 valence electrons. The highest BCUT2D eigenvalue weighted by atomic mass is 79.9. The van der Waals surface area contributed by atoms with Crippen molar-refractivity contribution in [2.24, 2.45) is 5.41 Å². The number of anilines is 1. The van der Waals surface area contributed by atoms with Crippen LogP contribution in [0.25, 0.3) is 0 Å². The normalized spacial score (nSPS) is 13.1. The number of aromatic nitrogens is 1. The van der Waals surface area contributed by atoms with Crippen LogP contribution < -0.4 is 5.32 Å². The Morgan fingerprint density at radius 1 is 1.58 bits per heavy atom. The third-order valence-electron chi connectivity index (χ3n) is 2.38. The molecule has 0 spiro atoms. The number of aliphatic hydroxyl groups excluding tert-OH is 1. The monoisotopic (exact) mass is 331 g/mol. The minimum atomic E-state index is -0.579. The maximum atomic E-state index is 10.9. The summed E-state index contributed by atoms with van der Waals surface area (Å²) in [5.74, 6) is 0.168. The molecule has 1 unspecified atom stereocenters. The van der Waals surface area contributed by atoms with Crippen molar-refractivity contribution < 1.29 is 10.0 Å². The summed E-state index contributed by atoms with van der Waals surface area (Å²) in [6.07, 6.45) is 1.50. The van der Waals surface area contributed by atoms with Crippen LogP contribution in [0.15, 0.2) is 16.7 Å². The summed E-state index contributed by atoms with van der Waals surface area (Å²) >= 11 is 3.14. The summed E-state index contributed by atoms with van der Waals surface area (Å²) in [5.41, 5.74) is -0.113. The van der Waals surface area contributed by atoms with E-state index in [1.807, 2.05) is 20.8 Å². The van der Waals surface area contributed by atoms with Crippen LogP contribution in [-0.4, -0.2) is 27.7 Å². The van der Waals surface area contributed by atoms with E-state index in [1.54, 1.807) is 0 Å². The molecule has 19 heavy (non-hydrogen) atoms. The smallest absolute Gasteiger partial charge is 0.312 e. The number of nitrogens with zero attached hydrogens (tertiary/aromatic N) is 2. The van der Waals surface area contributed by atoms with Crippen LogP contribution >= 0.6 is 15.9 Å². The zero-order valence-electron chi connectivity index (χ0n) is 11.2. The van der Waals surface area contributed by atoms with Crippen molar-refractivity contribution in [2.75, 3.05) is 11.9 Å². The van der Waals surface area contributed by atoms with Crippen LogP contribution in [0.5, 0.6) is 0 Å². The lowest BCUT2D eigenvalue weighted by Gasteiger charge is -2.22. The van der Waals surface area contributed by atoms with Gasteiger partial charge in [0.15, 0.2) is 0 Å². The van der Waals surface area contributed by atoms with E-state index in [1.165, 1.54) is 12.3 Å². The molecule has 2 N–H and O–H groups in total. The molecule has 0 aliphatic heterocycles. The first kappa shape index (κ1) is 15.8. The molecule has 0 saturated heterocycles. The van der Waals surface area contributed by atoms with Crippen molar-refractivity contribution in [3.8, 4) is 0 Å². The molecule has 0 aromatic carbocycles. The molecule has 1 heterocycles. The van der Waals surface area contributed by atoms with Gasteiger partial charge in [-0.15, -0.1) is 0 Å². The minimum absolute atomic E-state index is 0.000173. The lowest BCUT2D eigenvalue weighted by atomic mass is 9.89. The average Bonchev–Trinajstić information content (AvgIpc) is 2.24. The van der Waals surface area contributed by atoms with Gasteiger partial charge in [-0.3, -0.25) is 10.1 Å². The zero-order valence-corrected chi connectivity index (χ0v) is 12.8. The fourth-order valence-corrected chi connectivity index (χ4v) is 2.02. The van der Waals surface area contributed by atoms with Gasteiger partial charge in [-0.1, -0.05) is 20.8 Å². The Morgan fingerprint density at radius 2 is 2.21 bits per heavy atom. The third kappa shape index (κ3) is 5.52. The Balaban J connectivity index is 2.70. The lowest BCUT2D eigenvalue weighted by Crippen LogP contribution is -2.25. The maximum Gasteiger partial charge on any atom is 0.312 e. The Hall–Kier alpha value is -1.21. The first-order chi connectivity index (χ1) is 8.69. The van der Waals surface area contributed by atoms with Crippen molar-refractivity contribution in [3.05, 3.63) is 26.9 Å². The zero-order chi connectivity index (χ0) is 14.6. The molecule has 0 saturated carbocycles. The van der Waals surface area contributed by atoms with E-state index in [2.05, 4.69) is 26.2 Å². The van der Waals surface area contributed by atoms with Gasteiger partial charge < -0.3 is 10.4 Å². The summed E-state index contributed by atoms with van der Waals surface area (Å²) in [4.78, 5) is 14.3. The molecule has 7 heteroatoms. The van der Waals surface area contributed by atoms with Crippen molar-refractivity contribution in [1.82, 2.24) is 4.98 Å². The number of halogens is 1. The number of rotatable bonds is 5. The second-order valence-electron chi connectivity index (χ2n) is 5.58. The van der Waals surface area contributed by atoms with Gasteiger partial charge in [-0.2, -0.15) is 0 Å². The Morgan fingerprint density at radius 3 is 2.74 bits per heavy atom. The molecule has 1 aromatic heterocycles. The summed E-state index contributed by atoms with van der Waals surface area (Å²) in [7, 11) is 0. The van der Waals surface area contributed by atoms with Crippen LogP contribution in [0, 0.1) is 15.5 Å². The predicted molar refractivity (Wildman–Crippen MR) is 77.2 cm³/mol. The number of nitrogens with one attached hydrogen (secondary N) is 1. The predicted octanol–water partition coefficient (Wildman–Crippen LogP) is 2.96. The van der Waals surface area contributed by atoms with Crippen LogP contribution in [0.3, 0.4) is 0 Å². The van der Waals surface area contributed by atoms with E-state index >= 15 is 0 Å². The Bertz CT molecular complexity index is 460. The fraction of sp³-hybridized carbons (Fsp3) is 0.583. The first-order valence-corrected chi connectivity index (χ1v) is 6.70. The molecule has 1 atom stereocenters.